The number of likely N-dealkylation sites (tertiary alicyclic amines) is 1. The minimum Gasteiger partial charge on any atom is -0.466 e. The largest absolute Gasteiger partial charge is 0.466 e. The summed E-state index contributed by atoms with van der Waals surface area (Å²) in [5.74, 6) is -2.40. The van der Waals surface area contributed by atoms with Crippen LogP contribution in [0.5, 0.6) is 0 Å². The number of nitrogens with one attached hydrogen (secondary N) is 1. The number of carbonyl (C=O) groups is 2. The van der Waals surface area contributed by atoms with Crippen molar-refractivity contribution in [3.63, 3.8) is 0 Å². The summed E-state index contributed by atoms with van der Waals surface area (Å²) >= 11 is 0. The SMILES string of the molecule is CCOC(=O)C1CCN(CCC(=O)Nc2ccc(F)c(F)c2)CC1. The Kier molecular flexibility index (Phi) is 6.66. The molecule has 0 unspecified atom stereocenters. The quantitative estimate of drug-likeness (QED) is 0.809. The van der Waals surface area contributed by atoms with E-state index in [2.05, 4.69) is 10.2 Å². The van der Waals surface area contributed by atoms with Gasteiger partial charge in [0.1, 0.15) is 0 Å². The molecule has 1 aromatic carbocycles. The molecule has 1 aromatic rings. The van der Waals surface area contributed by atoms with Gasteiger partial charge < -0.3 is 15.0 Å². The Labute approximate surface area is 140 Å². The van der Waals surface area contributed by atoms with Crippen LogP contribution in [0.3, 0.4) is 0 Å². The Morgan fingerprint density at radius 3 is 2.58 bits per heavy atom. The average Bonchev–Trinajstić information content (AvgIpc) is 2.57. The van der Waals surface area contributed by atoms with Crippen LogP contribution in [0.2, 0.25) is 0 Å². The van der Waals surface area contributed by atoms with Gasteiger partial charge in [-0.15, -0.1) is 0 Å². The fraction of sp³-hybridized carbons (Fsp3) is 0.529. The normalized spacial score (nSPS) is 16.0. The highest BCUT2D eigenvalue weighted by molar-refractivity contribution is 5.90. The molecular formula is C17H22F2N2O3. The van der Waals surface area contributed by atoms with E-state index in [1.807, 2.05) is 0 Å². The van der Waals surface area contributed by atoms with Crippen LogP contribution in [0.1, 0.15) is 26.2 Å². The van der Waals surface area contributed by atoms with Gasteiger partial charge in [0, 0.05) is 24.7 Å². The third-order valence-corrected chi connectivity index (χ3v) is 4.07. The summed E-state index contributed by atoms with van der Waals surface area (Å²) in [7, 11) is 0. The summed E-state index contributed by atoms with van der Waals surface area (Å²) in [5, 5.41) is 2.55. The summed E-state index contributed by atoms with van der Waals surface area (Å²) in [5.41, 5.74) is 0.236. The molecule has 0 atom stereocenters. The van der Waals surface area contributed by atoms with Crippen LogP contribution in [0.15, 0.2) is 18.2 Å². The standard InChI is InChI=1S/C17H22F2N2O3/c1-2-24-17(23)12-5-8-21(9-6-12)10-7-16(22)20-13-3-4-14(18)15(19)11-13/h3-4,11-12H,2,5-10H2,1H3,(H,20,22). The molecule has 1 aliphatic rings. The van der Waals surface area contributed by atoms with E-state index in [-0.39, 0.29) is 29.9 Å². The highest BCUT2D eigenvalue weighted by Gasteiger charge is 2.25. The monoisotopic (exact) mass is 340 g/mol. The maximum absolute atomic E-state index is 13.1. The number of piperidine rings is 1. The molecule has 2 rings (SSSR count). The minimum absolute atomic E-state index is 0.0581. The van der Waals surface area contributed by atoms with Gasteiger partial charge in [-0.3, -0.25) is 9.59 Å². The zero-order chi connectivity index (χ0) is 17.5. The van der Waals surface area contributed by atoms with Gasteiger partial charge >= 0.3 is 5.97 Å². The van der Waals surface area contributed by atoms with Crippen molar-refractivity contribution in [2.45, 2.75) is 26.2 Å². The number of ether oxygens (including phenoxy) is 1. The highest BCUT2D eigenvalue weighted by atomic mass is 19.2. The summed E-state index contributed by atoms with van der Waals surface area (Å²) in [6.07, 6.45) is 1.70. The second kappa shape index (κ2) is 8.73. The lowest BCUT2D eigenvalue weighted by Gasteiger charge is -2.30. The summed E-state index contributed by atoms with van der Waals surface area (Å²) < 4.78 is 30.9. The zero-order valence-corrected chi connectivity index (χ0v) is 13.7. The van der Waals surface area contributed by atoms with Crippen LogP contribution in [0, 0.1) is 17.6 Å². The first-order valence-electron chi connectivity index (χ1n) is 8.13. The third kappa shape index (κ3) is 5.26. The number of carbonyl (C=O) groups excluding carboxylic acids is 2. The Balaban J connectivity index is 1.71. The van der Waals surface area contributed by atoms with Crippen molar-refractivity contribution < 1.29 is 23.1 Å². The molecule has 1 fully saturated rings. The van der Waals surface area contributed by atoms with Gasteiger partial charge in [0.2, 0.25) is 5.91 Å². The van der Waals surface area contributed by atoms with Crippen LogP contribution in [-0.4, -0.2) is 43.0 Å². The van der Waals surface area contributed by atoms with E-state index in [1.165, 1.54) is 6.07 Å². The molecule has 1 heterocycles. The molecular weight excluding hydrogens is 318 g/mol. The number of nitrogens with zero attached hydrogens (tertiary/aromatic N) is 1. The summed E-state index contributed by atoms with van der Waals surface area (Å²) in [6, 6.07) is 3.25. The van der Waals surface area contributed by atoms with Crippen molar-refractivity contribution >= 4 is 17.6 Å². The van der Waals surface area contributed by atoms with Crippen LogP contribution >= 0.6 is 0 Å². The molecule has 0 saturated carbocycles. The third-order valence-electron chi connectivity index (χ3n) is 4.07. The molecule has 0 aliphatic carbocycles. The van der Waals surface area contributed by atoms with Crippen molar-refractivity contribution in [3.05, 3.63) is 29.8 Å². The first kappa shape index (κ1) is 18.3. The van der Waals surface area contributed by atoms with E-state index in [4.69, 9.17) is 4.74 Å². The van der Waals surface area contributed by atoms with Crippen LogP contribution < -0.4 is 5.32 Å². The molecule has 1 amide bonds. The van der Waals surface area contributed by atoms with E-state index in [0.717, 1.165) is 38.1 Å². The second-order valence-electron chi connectivity index (χ2n) is 5.80. The van der Waals surface area contributed by atoms with Gasteiger partial charge in [0.15, 0.2) is 11.6 Å². The van der Waals surface area contributed by atoms with Gasteiger partial charge in [0.25, 0.3) is 0 Å². The second-order valence-corrected chi connectivity index (χ2v) is 5.80. The Morgan fingerprint density at radius 2 is 1.96 bits per heavy atom. The first-order valence-corrected chi connectivity index (χ1v) is 8.13. The van der Waals surface area contributed by atoms with Crippen LogP contribution in [0.4, 0.5) is 14.5 Å². The van der Waals surface area contributed by atoms with E-state index >= 15 is 0 Å². The number of hydrogen-bond acceptors (Lipinski definition) is 4. The lowest BCUT2D eigenvalue weighted by atomic mass is 9.97. The predicted octanol–water partition coefficient (Wildman–Crippen LogP) is 2.57. The molecule has 0 spiro atoms. The number of benzene rings is 1. The van der Waals surface area contributed by atoms with Crippen LogP contribution in [0.25, 0.3) is 0 Å². The molecule has 1 aliphatic heterocycles. The van der Waals surface area contributed by atoms with Gasteiger partial charge in [-0.1, -0.05) is 0 Å². The highest BCUT2D eigenvalue weighted by Crippen LogP contribution is 2.19. The number of anilines is 1. The predicted molar refractivity (Wildman–Crippen MR) is 85.4 cm³/mol. The van der Waals surface area contributed by atoms with Gasteiger partial charge in [-0.25, -0.2) is 8.78 Å². The molecule has 1 saturated heterocycles. The molecule has 132 valence electrons. The van der Waals surface area contributed by atoms with Crippen molar-refractivity contribution in [2.75, 3.05) is 31.6 Å². The molecule has 0 bridgehead atoms. The maximum atomic E-state index is 13.1. The number of hydrogen-bond donors (Lipinski definition) is 1. The Hall–Kier alpha value is -2.02. The Bertz CT molecular complexity index is 587. The summed E-state index contributed by atoms with van der Waals surface area (Å²) in [6.45, 7) is 4.22. The average molecular weight is 340 g/mol. The van der Waals surface area contributed by atoms with Gasteiger partial charge in [-0.2, -0.15) is 0 Å². The van der Waals surface area contributed by atoms with Crippen molar-refractivity contribution in [3.8, 4) is 0 Å². The fourth-order valence-electron chi connectivity index (χ4n) is 2.71. The number of esters is 1. The van der Waals surface area contributed by atoms with Crippen LogP contribution in [-0.2, 0) is 14.3 Å². The fourth-order valence-corrected chi connectivity index (χ4v) is 2.71. The first-order chi connectivity index (χ1) is 11.5. The van der Waals surface area contributed by atoms with Gasteiger partial charge in [0.05, 0.1) is 12.5 Å². The topological polar surface area (TPSA) is 58.6 Å². The number of amides is 1. The Morgan fingerprint density at radius 1 is 1.25 bits per heavy atom. The maximum Gasteiger partial charge on any atom is 0.309 e. The minimum atomic E-state index is -0.992. The van der Waals surface area contributed by atoms with Crippen molar-refractivity contribution in [1.82, 2.24) is 4.90 Å². The van der Waals surface area contributed by atoms with Gasteiger partial charge in [-0.05, 0) is 45.0 Å². The molecule has 0 aromatic heterocycles. The molecule has 24 heavy (non-hydrogen) atoms. The summed E-state index contributed by atoms with van der Waals surface area (Å²) in [4.78, 5) is 25.7. The van der Waals surface area contributed by atoms with E-state index in [0.29, 0.717) is 13.2 Å². The van der Waals surface area contributed by atoms with Crippen molar-refractivity contribution in [1.29, 1.82) is 0 Å². The molecule has 7 heteroatoms. The number of rotatable bonds is 6. The molecule has 0 radical (unpaired) electrons. The molecule has 5 nitrogen and oxygen atoms in total. The lowest BCUT2D eigenvalue weighted by molar-refractivity contribution is -0.149. The smallest absolute Gasteiger partial charge is 0.309 e. The molecule has 1 N–H and O–H groups in total. The zero-order valence-electron chi connectivity index (χ0n) is 13.7. The van der Waals surface area contributed by atoms with E-state index in [1.54, 1.807) is 6.92 Å². The van der Waals surface area contributed by atoms with Crippen molar-refractivity contribution in [2.24, 2.45) is 5.92 Å². The number of halogens is 2. The van der Waals surface area contributed by atoms with E-state index in [9.17, 15) is 18.4 Å². The lowest BCUT2D eigenvalue weighted by Crippen LogP contribution is -2.38. The van der Waals surface area contributed by atoms with E-state index < -0.39 is 11.6 Å².